The molecule has 0 unspecified atom stereocenters. The van der Waals surface area contributed by atoms with Crippen LogP contribution in [-0.4, -0.2) is 71.9 Å². The second-order valence-corrected chi connectivity index (χ2v) is 8.50. The number of halogens is 1. The van der Waals surface area contributed by atoms with E-state index in [2.05, 4.69) is 17.0 Å². The topological polar surface area (TPSA) is 53.1 Å². The lowest BCUT2D eigenvalue weighted by molar-refractivity contribution is -0.133. The largest absolute Gasteiger partial charge is 0.484 e. The highest BCUT2D eigenvalue weighted by atomic mass is 35.5. The summed E-state index contributed by atoms with van der Waals surface area (Å²) < 4.78 is 5.61. The lowest BCUT2D eigenvalue weighted by atomic mass is 10.2. The Balaban J connectivity index is 1.27. The number of ether oxygens (including phenoxy) is 1. The normalized spacial score (nSPS) is 20.0. The monoisotopic (exact) mass is 441 g/mol. The van der Waals surface area contributed by atoms with E-state index in [1.54, 1.807) is 24.3 Å². The number of amides is 2. The molecule has 0 radical (unpaired) electrons. The van der Waals surface area contributed by atoms with Crippen LogP contribution in [0.1, 0.15) is 18.4 Å². The number of carbonyl (C=O) groups is 2. The Morgan fingerprint density at radius 1 is 1.00 bits per heavy atom. The second-order valence-electron chi connectivity index (χ2n) is 8.07. The van der Waals surface area contributed by atoms with Gasteiger partial charge in [0.15, 0.2) is 6.61 Å². The van der Waals surface area contributed by atoms with Crippen LogP contribution >= 0.6 is 11.6 Å². The average molecular weight is 442 g/mol. The minimum absolute atomic E-state index is 0.00639. The first-order valence-corrected chi connectivity index (χ1v) is 11.2. The van der Waals surface area contributed by atoms with Gasteiger partial charge < -0.3 is 14.5 Å². The summed E-state index contributed by atoms with van der Waals surface area (Å²) in [4.78, 5) is 31.7. The smallest absolute Gasteiger partial charge is 0.260 e. The van der Waals surface area contributed by atoms with Crippen LogP contribution in [-0.2, 0) is 16.1 Å². The molecule has 6 nitrogen and oxygen atoms in total. The molecule has 2 fully saturated rings. The van der Waals surface area contributed by atoms with Crippen LogP contribution in [0.25, 0.3) is 0 Å². The number of hydrogen-bond donors (Lipinski definition) is 0. The molecule has 0 bridgehead atoms. The van der Waals surface area contributed by atoms with E-state index in [0.717, 1.165) is 31.5 Å². The summed E-state index contributed by atoms with van der Waals surface area (Å²) in [5.74, 6) is 0.755. The fourth-order valence-electron chi connectivity index (χ4n) is 4.31. The molecule has 2 aromatic rings. The molecule has 4 rings (SSSR count). The molecule has 0 aromatic heterocycles. The summed E-state index contributed by atoms with van der Waals surface area (Å²) in [6, 6.07) is 17.1. The Labute approximate surface area is 188 Å². The van der Waals surface area contributed by atoms with E-state index in [9.17, 15) is 9.59 Å². The fourth-order valence-corrected chi connectivity index (χ4v) is 4.49. The number of hydrogen-bond acceptors (Lipinski definition) is 4. The molecule has 1 atom stereocenters. The van der Waals surface area contributed by atoms with Crippen LogP contribution in [0.5, 0.6) is 5.75 Å². The Kier molecular flexibility index (Phi) is 7.10. The zero-order valence-electron chi connectivity index (χ0n) is 17.6. The van der Waals surface area contributed by atoms with Crippen molar-refractivity contribution in [1.29, 1.82) is 0 Å². The number of nitrogens with zero attached hydrogens (tertiary/aromatic N) is 3. The zero-order valence-corrected chi connectivity index (χ0v) is 18.3. The molecule has 2 aromatic carbocycles. The molecule has 2 saturated heterocycles. The van der Waals surface area contributed by atoms with E-state index < -0.39 is 0 Å². The van der Waals surface area contributed by atoms with Gasteiger partial charge in [0.1, 0.15) is 5.75 Å². The van der Waals surface area contributed by atoms with Crippen molar-refractivity contribution in [2.45, 2.75) is 25.4 Å². The van der Waals surface area contributed by atoms with Crippen molar-refractivity contribution in [3.63, 3.8) is 0 Å². The van der Waals surface area contributed by atoms with Crippen molar-refractivity contribution in [3.8, 4) is 5.75 Å². The van der Waals surface area contributed by atoms with Crippen LogP contribution in [0.2, 0.25) is 5.02 Å². The van der Waals surface area contributed by atoms with Crippen LogP contribution in [0.3, 0.4) is 0 Å². The maximum Gasteiger partial charge on any atom is 0.260 e. The predicted molar refractivity (Wildman–Crippen MR) is 120 cm³/mol. The molecular formula is C24H28ClN3O3. The molecule has 0 N–H and O–H groups in total. The van der Waals surface area contributed by atoms with Gasteiger partial charge in [-0.1, -0.05) is 48.0 Å². The SMILES string of the molecule is O=C(COc1cccc(Cl)c1)N1CCCN([C@@H]2CCN(Cc3ccccc3)C2=O)CC1. The quantitative estimate of drug-likeness (QED) is 0.691. The second kappa shape index (κ2) is 10.2. The number of carbonyl (C=O) groups excluding carboxylic acids is 2. The molecule has 2 aliphatic rings. The van der Waals surface area contributed by atoms with Crippen LogP contribution < -0.4 is 4.74 Å². The molecule has 2 amide bonds. The first kappa shape index (κ1) is 21.7. The van der Waals surface area contributed by atoms with E-state index in [1.165, 1.54) is 0 Å². The van der Waals surface area contributed by atoms with Gasteiger partial charge in [0.25, 0.3) is 5.91 Å². The fraction of sp³-hybridized carbons (Fsp3) is 0.417. The molecule has 2 heterocycles. The molecule has 2 aliphatic heterocycles. The lowest BCUT2D eigenvalue weighted by Gasteiger charge is -2.26. The maximum atomic E-state index is 13.0. The van der Waals surface area contributed by atoms with Crippen LogP contribution in [0.4, 0.5) is 0 Å². The van der Waals surface area contributed by atoms with Crippen molar-refractivity contribution in [2.75, 3.05) is 39.3 Å². The van der Waals surface area contributed by atoms with E-state index in [-0.39, 0.29) is 24.5 Å². The van der Waals surface area contributed by atoms with Crippen molar-refractivity contribution in [1.82, 2.24) is 14.7 Å². The Morgan fingerprint density at radius 3 is 2.65 bits per heavy atom. The van der Waals surface area contributed by atoms with E-state index in [4.69, 9.17) is 16.3 Å². The third-order valence-corrected chi connectivity index (χ3v) is 6.20. The highest BCUT2D eigenvalue weighted by Gasteiger charge is 2.36. The van der Waals surface area contributed by atoms with Crippen LogP contribution in [0.15, 0.2) is 54.6 Å². The standard InChI is InChI=1S/C24H28ClN3O3/c25-20-8-4-9-21(16-20)31-18-23(29)27-12-5-11-26(14-15-27)22-10-13-28(24(22)30)17-19-6-2-1-3-7-19/h1-4,6-9,16,22H,5,10-15,17-18H2/t22-/m1/s1. The van der Waals surface area contributed by atoms with Gasteiger partial charge in [0.05, 0.1) is 6.04 Å². The van der Waals surface area contributed by atoms with E-state index >= 15 is 0 Å². The van der Waals surface area contributed by atoms with E-state index in [1.807, 2.05) is 28.0 Å². The summed E-state index contributed by atoms with van der Waals surface area (Å²) in [6.45, 7) is 4.27. The first-order chi connectivity index (χ1) is 15.1. The first-order valence-electron chi connectivity index (χ1n) is 10.8. The average Bonchev–Trinajstić information content (AvgIpc) is 2.98. The van der Waals surface area contributed by atoms with Crippen LogP contribution in [0, 0.1) is 0 Å². The van der Waals surface area contributed by atoms with Gasteiger partial charge in [-0.25, -0.2) is 0 Å². The summed E-state index contributed by atoms with van der Waals surface area (Å²) in [7, 11) is 0. The third-order valence-electron chi connectivity index (χ3n) is 5.97. The molecule has 31 heavy (non-hydrogen) atoms. The molecule has 7 heteroatoms. The molecule has 0 aliphatic carbocycles. The minimum atomic E-state index is -0.0820. The van der Waals surface area contributed by atoms with Gasteiger partial charge >= 0.3 is 0 Å². The van der Waals surface area contributed by atoms with Gasteiger partial charge in [-0.2, -0.15) is 0 Å². The summed E-state index contributed by atoms with van der Waals surface area (Å²) in [6.07, 6.45) is 1.70. The highest BCUT2D eigenvalue weighted by Crippen LogP contribution is 2.21. The van der Waals surface area contributed by atoms with Gasteiger partial charge in [0, 0.05) is 44.3 Å². The molecule has 0 spiro atoms. The van der Waals surface area contributed by atoms with Crippen molar-refractivity contribution in [2.24, 2.45) is 0 Å². The highest BCUT2D eigenvalue weighted by molar-refractivity contribution is 6.30. The summed E-state index contributed by atoms with van der Waals surface area (Å²) in [5.41, 5.74) is 1.16. The zero-order chi connectivity index (χ0) is 21.6. The van der Waals surface area contributed by atoms with Gasteiger partial charge in [-0.15, -0.1) is 0 Å². The predicted octanol–water partition coefficient (Wildman–Crippen LogP) is 3.05. The number of likely N-dealkylation sites (tertiary alicyclic amines) is 1. The third kappa shape index (κ3) is 5.57. The molecule has 164 valence electrons. The molecule has 0 saturated carbocycles. The van der Waals surface area contributed by atoms with E-state index in [0.29, 0.717) is 37.0 Å². The minimum Gasteiger partial charge on any atom is -0.484 e. The Bertz CT molecular complexity index is 908. The summed E-state index contributed by atoms with van der Waals surface area (Å²) >= 11 is 5.96. The lowest BCUT2D eigenvalue weighted by Crippen LogP contribution is -2.44. The van der Waals surface area contributed by atoms with Gasteiger partial charge in [-0.05, 0) is 36.6 Å². The van der Waals surface area contributed by atoms with Gasteiger partial charge in [0.2, 0.25) is 5.91 Å². The Morgan fingerprint density at radius 2 is 1.84 bits per heavy atom. The number of rotatable bonds is 6. The van der Waals surface area contributed by atoms with Crippen molar-refractivity contribution < 1.29 is 14.3 Å². The number of benzene rings is 2. The maximum absolute atomic E-state index is 13.0. The van der Waals surface area contributed by atoms with Gasteiger partial charge in [-0.3, -0.25) is 14.5 Å². The van der Waals surface area contributed by atoms with Crippen molar-refractivity contribution in [3.05, 3.63) is 65.2 Å². The van der Waals surface area contributed by atoms with Crippen molar-refractivity contribution >= 4 is 23.4 Å². The molecular weight excluding hydrogens is 414 g/mol. The Hall–Kier alpha value is -2.57. The summed E-state index contributed by atoms with van der Waals surface area (Å²) in [5, 5.41) is 0.581.